The lowest BCUT2D eigenvalue weighted by Gasteiger charge is -2.24. The molecule has 0 spiro atoms. The summed E-state index contributed by atoms with van der Waals surface area (Å²) in [5, 5.41) is 3.35. The van der Waals surface area contributed by atoms with Crippen molar-refractivity contribution < 1.29 is 4.74 Å². The van der Waals surface area contributed by atoms with E-state index in [1.165, 1.54) is 17.7 Å². The Balaban J connectivity index is 2.25. The first-order valence-electron chi connectivity index (χ1n) is 4.13. The first-order valence-corrected chi connectivity index (χ1v) is 4.13. The Morgan fingerprint density at radius 1 is 1.45 bits per heavy atom. The van der Waals surface area contributed by atoms with Crippen LogP contribution in [0, 0.1) is 0 Å². The summed E-state index contributed by atoms with van der Waals surface area (Å²) >= 11 is 0. The van der Waals surface area contributed by atoms with Gasteiger partial charge in [0.15, 0.2) is 0 Å². The minimum atomic E-state index is 0.808. The van der Waals surface area contributed by atoms with Crippen LogP contribution in [0.1, 0.15) is 19.8 Å². The van der Waals surface area contributed by atoms with Gasteiger partial charge in [-0.2, -0.15) is 0 Å². The van der Waals surface area contributed by atoms with Crippen LogP contribution in [-0.2, 0) is 4.74 Å². The van der Waals surface area contributed by atoms with Crippen molar-refractivity contribution >= 4 is 0 Å². The normalized spacial score (nSPS) is 23.2. The predicted molar refractivity (Wildman–Crippen MR) is 44.0 cm³/mol. The number of hydrogen-bond donors (Lipinski definition) is 1. The lowest BCUT2D eigenvalue weighted by atomic mass is 10.0. The summed E-state index contributed by atoms with van der Waals surface area (Å²) in [6.45, 7) is 3.93. The standard InChI is InChI=1S/C9H13NO/c1-7-2-3-8-9(6-7)11-5-4-10-8/h6,10H,2-5H2,1H3. The fourth-order valence-electron chi connectivity index (χ4n) is 1.50. The summed E-state index contributed by atoms with van der Waals surface area (Å²) in [6.07, 6.45) is 4.44. The quantitative estimate of drug-likeness (QED) is 0.567. The van der Waals surface area contributed by atoms with E-state index in [-0.39, 0.29) is 0 Å². The second kappa shape index (κ2) is 2.61. The SMILES string of the molecule is CC1=CC2=C(CC1)NCCO2. The van der Waals surface area contributed by atoms with E-state index >= 15 is 0 Å². The van der Waals surface area contributed by atoms with Gasteiger partial charge in [-0.15, -0.1) is 0 Å². The van der Waals surface area contributed by atoms with Gasteiger partial charge in [0.05, 0.1) is 5.70 Å². The van der Waals surface area contributed by atoms with Gasteiger partial charge in [-0.1, -0.05) is 5.57 Å². The number of allylic oxidation sites excluding steroid dienone is 3. The van der Waals surface area contributed by atoms with Crippen LogP contribution in [0.5, 0.6) is 0 Å². The van der Waals surface area contributed by atoms with E-state index < -0.39 is 0 Å². The maximum absolute atomic E-state index is 5.49. The summed E-state index contributed by atoms with van der Waals surface area (Å²) in [5.74, 6) is 1.07. The molecule has 0 radical (unpaired) electrons. The maximum atomic E-state index is 5.49. The van der Waals surface area contributed by atoms with Gasteiger partial charge < -0.3 is 10.1 Å². The molecular weight excluding hydrogens is 138 g/mol. The lowest BCUT2D eigenvalue weighted by molar-refractivity contribution is 0.199. The van der Waals surface area contributed by atoms with Gasteiger partial charge >= 0.3 is 0 Å². The molecule has 1 aliphatic heterocycles. The summed E-state index contributed by atoms with van der Waals surface area (Å²) < 4.78 is 5.49. The van der Waals surface area contributed by atoms with Gasteiger partial charge in [0.1, 0.15) is 12.4 Å². The van der Waals surface area contributed by atoms with Crippen molar-refractivity contribution in [3.63, 3.8) is 0 Å². The van der Waals surface area contributed by atoms with E-state index in [1.54, 1.807) is 0 Å². The second-order valence-electron chi connectivity index (χ2n) is 3.11. The third kappa shape index (κ3) is 1.25. The van der Waals surface area contributed by atoms with E-state index in [9.17, 15) is 0 Å². The van der Waals surface area contributed by atoms with Crippen LogP contribution in [0.3, 0.4) is 0 Å². The lowest BCUT2D eigenvalue weighted by Crippen LogP contribution is -2.27. The van der Waals surface area contributed by atoms with Crippen molar-refractivity contribution in [2.24, 2.45) is 0 Å². The van der Waals surface area contributed by atoms with Crippen LogP contribution >= 0.6 is 0 Å². The first-order chi connectivity index (χ1) is 5.36. The molecule has 11 heavy (non-hydrogen) atoms. The minimum absolute atomic E-state index is 0.808. The highest BCUT2D eigenvalue weighted by molar-refractivity contribution is 5.28. The Labute approximate surface area is 66.9 Å². The Hall–Kier alpha value is -0.920. The van der Waals surface area contributed by atoms with Crippen molar-refractivity contribution in [2.45, 2.75) is 19.8 Å². The third-order valence-corrected chi connectivity index (χ3v) is 2.14. The van der Waals surface area contributed by atoms with Crippen LogP contribution in [0.2, 0.25) is 0 Å². The fraction of sp³-hybridized carbons (Fsp3) is 0.556. The average Bonchev–Trinajstić information content (AvgIpc) is 2.04. The molecule has 0 unspecified atom stereocenters. The number of hydrogen-bond acceptors (Lipinski definition) is 2. The number of ether oxygens (including phenoxy) is 1. The van der Waals surface area contributed by atoms with Gasteiger partial charge in [-0.3, -0.25) is 0 Å². The predicted octanol–water partition coefficient (Wildman–Crippen LogP) is 1.56. The van der Waals surface area contributed by atoms with Crippen LogP contribution in [0.25, 0.3) is 0 Å². The van der Waals surface area contributed by atoms with Crippen LogP contribution in [0.4, 0.5) is 0 Å². The molecule has 0 bridgehead atoms. The number of rotatable bonds is 0. The Bertz CT molecular complexity index is 228. The monoisotopic (exact) mass is 151 g/mol. The van der Waals surface area contributed by atoms with E-state index in [2.05, 4.69) is 18.3 Å². The van der Waals surface area contributed by atoms with Crippen LogP contribution in [0.15, 0.2) is 23.1 Å². The summed E-state index contributed by atoms with van der Waals surface area (Å²) in [5.41, 5.74) is 2.72. The molecule has 1 N–H and O–H groups in total. The largest absolute Gasteiger partial charge is 0.490 e. The molecule has 0 aromatic rings. The van der Waals surface area contributed by atoms with Crippen molar-refractivity contribution in [3.8, 4) is 0 Å². The molecular formula is C9H13NO. The Morgan fingerprint density at radius 3 is 3.27 bits per heavy atom. The van der Waals surface area contributed by atoms with Crippen molar-refractivity contribution in [1.29, 1.82) is 0 Å². The van der Waals surface area contributed by atoms with Crippen molar-refractivity contribution in [1.82, 2.24) is 5.32 Å². The smallest absolute Gasteiger partial charge is 0.138 e. The molecule has 0 atom stereocenters. The zero-order chi connectivity index (χ0) is 7.68. The molecule has 2 heteroatoms. The van der Waals surface area contributed by atoms with Gasteiger partial charge in [0, 0.05) is 6.54 Å². The molecule has 0 saturated carbocycles. The molecule has 1 aliphatic carbocycles. The van der Waals surface area contributed by atoms with Crippen LogP contribution < -0.4 is 5.32 Å². The van der Waals surface area contributed by atoms with Gasteiger partial charge in [0.2, 0.25) is 0 Å². The summed E-state index contributed by atoms with van der Waals surface area (Å²) in [4.78, 5) is 0. The summed E-state index contributed by atoms with van der Waals surface area (Å²) in [6, 6.07) is 0. The first kappa shape index (κ1) is 6.77. The molecule has 2 aliphatic rings. The highest BCUT2D eigenvalue weighted by Crippen LogP contribution is 2.24. The van der Waals surface area contributed by atoms with Crippen molar-refractivity contribution in [2.75, 3.05) is 13.2 Å². The average molecular weight is 151 g/mol. The van der Waals surface area contributed by atoms with Crippen LogP contribution in [-0.4, -0.2) is 13.2 Å². The topological polar surface area (TPSA) is 21.3 Å². The van der Waals surface area contributed by atoms with E-state index in [4.69, 9.17) is 4.74 Å². The minimum Gasteiger partial charge on any atom is -0.490 e. The molecule has 60 valence electrons. The zero-order valence-electron chi connectivity index (χ0n) is 6.81. The third-order valence-electron chi connectivity index (χ3n) is 2.14. The molecule has 0 amide bonds. The van der Waals surface area contributed by atoms with Gasteiger partial charge in [-0.05, 0) is 25.8 Å². The second-order valence-corrected chi connectivity index (χ2v) is 3.11. The summed E-state index contributed by atoms with van der Waals surface area (Å²) in [7, 11) is 0. The van der Waals surface area contributed by atoms with E-state index in [0.717, 1.165) is 25.3 Å². The van der Waals surface area contributed by atoms with E-state index in [0.29, 0.717) is 0 Å². The number of nitrogens with one attached hydrogen (secondary N) is 1. The molecule has 0 saturated heterocycles. The Morgan fingerprint density at radius 2 is 2.36 bits per heavy atom. The molecule has 0 fully saturated rings. The van der Waals surface area contributed by atoms with Crippen molar-refractivity contribution in [3.05, 3.63) is 23.1 Å². The molecule has 2 nitrogen and oxygen atoms in total. The Kier molecular flexibility index (Phi) is 1.60. The van der Waals surface area contributed by atoms with E-state index in [1.807, 2.05) is 0 Å². The highest BCUT2D eigenvalue weighted by Gasteiger charge is 2.15. The fourth-order valence-corrected chi connectivity index (χ4v) is 1.50. The molecule has 1 heterocycles. The van der Waals surface area contributed by atoms with Gasteiger partial charge in [0.25, 0.3) is 0 Å². The molecule has 0 aromatic carbocycles. The highest BCUT2D eigenvalue weighted by atomic mass is 16.5. The van der Waals surface area contributed by atoms with Gasteiger partial charge in [-0.25, -0.2) is 0 Å². The zero-order valence-corrected chi connectivity index (χ0v) is 6.81. The maximum Gasteiger partial charge on any atom is 0.138 e. The molecule has 2 rings (SSSR count). The molecule has 0 aromatic heterocycles.